The van der Waals surface area contributed by atoms with Gasteiger partial charge in [-0.15, -0.1) is 0 Å². The Morgan fingerprint density at radius 1 is 0.969 bits per heavy atom. The van der Waals surface area contributed by atoms with Gasteiger partial charge in [0.1, 0.15) is 6.04 Å². The third-order valence-electron chi connectivity index (χ3n) is 6.11. The highest BCUT2D eigenvalue weighted by molar-refractivity contribution is 7.80. The zero-order chi connectivity index (χ0) is 22.1. The first-order chi connectivity index (χ1) is 15.6. The summed E-state index contributed by atoms with van der Waals surface area (Å²) >= 11 is 5.87. The molecule has 0 saturated carbocycles. The third-order valence-corrected chi connectivity index (χ3v) is 6.42. The number of rotatable bonds is 5. The van der Waals surface area contributed by atoms with Gasteiger partial charge >= 0.3 is 0 Å². The first-order valence-electron chi connectivity index (χ1n) is 10.7. The number of pyridine rings is 2. The molecule has 0 amide bonds. The number of thiocarbonyl (C=S) groups is 1. The SMILES string of the molecule is Cc1ccc(N2C(=S)N[C@H](c3ccccn3)[C@@H]2c2cccn2Cc2cccnc2)cc1C. The van der Waals surface area contributed by atoms with Crippen LogP contribution >= 0.6 is 12.2 Å². The van der Waals surface area contributed by atoms with Crippen LogP contribution in [0.15, 0.2) is 85.5 Å². The second-order valence-electron chi connectivity index (χ2n) is 8.19. The van der Waals surface area contributed by atoms with E-state index in [2.05, 4.69) is 87.3 Å². The predicted octanol–water partition coefficient (Wildman–Crippen LogP) is 5.12. The summed E-state index contributed by atoms with van der Waals surface area (Å²) in [5.74, 6) is 0. The average molecular weight is 440 g/mol. The van der Waals surface area contributed by atoms with E-state index in [-0.39, 0.29) is 12.1 Å². The van der Waals surface area contributed by atoms with Crippen molar-refractivity contribution in [1.82, 2.24) is 19.9 Å². The molecule has 5 rings (SSSR count). The molecule has 2 atom stereocenters. The lowest BCUT2D eigenvalue weighted by molar-refractivity contribution is 0.533. The van der Waals surface area contributed by atoms with Gasteiger partial charge in [-0.1, -0.05) is 18.2 Å². The number of nitrogens with zero attached hydrogens (tertiary/aromatic N) is 4. The number of hydrogen-bond acceptors (Lipinski definition) is 3. The lowest BCUT2D eigenvalue weighted by Gasteiger charge is -2.29. The largest absolute Gasteiger partial charge is 0.351 e. The third kappa shape index (κ3) is 3.78. The van der Waals surface area contributed by atoms with Crippen molar-refractivity contribution in [3.8, 4) is 0 Å². The highest BCUT2D eigenvalue weighted by atomic mass is 32.1. The maximum Gasteiger partial charge on any atom is 0.174 e. The average Bonchev–Trinajstić information content (AvgIpc) is 3.40. The Balaban J connectivity index is 1.61. The predicted molar refractivity (Wildman–Crippen MR) is 132 cm³/mol. The van der Waals surface area contributed by atoms with Crippen LogP contribution in [0, 0.1) is 13.8 Å². The van der Waals surface area contributed by atoms with Crippen LogP contribution in [0.3, 0.4) is 0 Å². The highest BCUT2D eigenvalue weighted by Gasteiger charge is 2.42. The number of benzene rings is 1. The van der Waals surface area contributed by atoms with Crippen molar-refractivity contribution in [1.29, 1.82) is 0 Å². The van der Waals surface area contributed by atoms with Gasteiger partial charge in [-0.3, -0.25) is 9.97 Å². The van der Waals surface area contributed by atoms with Gasteiger partial charge < -0.3 is 14.8 Å². The molecule has 5 nitrogen and oxygen atoms in total. The monoisotopic (exact) mass is 439 g/mol. The summed E-state index contributed by atoms with van der Waals surface area (Å²) in [6.45, 7) is 5.02. The fourth-order valence-corrected chi connectivity index (χ4v) is 4.68. The summed E-state index contributed by atoms with van der Waals surface area (Å²) < 4.78 is 2.28. The normalized spacial score (nSPS) is 18.1. The first-order valence-corrected chi connectivity index (χ1v) is 11.1. The van der Waals surface area contributed by atoms with Crippen LogP contribution in [-0.2, 0) is 6.54 Å². The molecule has 0 spiro atoms. The van der Waals surface area contributed by atoms with Gasteiger partial charge in [0.05, 0.1) is 11.7 Å². The Morgan fingerprint density at radius 3 is 2.62 bits per heavy atom. The van der Waals surface area contributed by atoms with Crippen molar-refractivity contribution in [3.63, 3.8) is 0 Å². The summed E-state index contributed by atoms with van der Waals surface area (Å²) in [5, 5.41) is 4.26. The van der Waals surface area contributed by atoms with Crippen LogP contribution in [0.2, 0.25) is 0 Å². The molecule has 0 bridgehead atoms. The van der Waals surface area contributed by atoms with Gasteiger partial charge in [-0.2, -0.15) is 0 Å². The van der Waals surface area contributed by atoms with Crippen molar-refractivity contribution in [2.24, 2.45) is 0 Å². The standard InChI is InChI=1S/C26H25N5S/c1-18-10-11-21(15-19(18)2)31-25(24(29-26(31)32)22-8-3-4-13-28-22)23-9-6-14-30(23)17-20-7-5-12-27-16-20/h3-16,24-25H,17H2,1-2H3,(H,29,32)/t24-,25+/m1/s1. The van der Waals surface area contributed by atoms with Crippen molar-refractivity contribution >= 4 is 23.0 Å². The Labute approximate surface area is 193 Å². The minimum Gasteiger partial charge on any atom is -0.351 e. The van der Waals surface area contributed by atoms with E-state index in [1.54, 1.807) is 6.20 Å². The van der Waals surface area contributed by atoms with E-state index in [1.165, 1.54) is 16.8 Å². The maximum atomic E-state index is 5.87. The van der Waals surface area contributed by atoms with E-state index in [0.29, 0.717) is 5.11 Å². The number of aryl methyl sites for hydroxylation is 2. The second-order valence-corrected chi connectivity index (χ2v) is 8.57. The first kappa shape index (κ1) is 20.4. The molecular formula is C26H25N5S. The fraction of sp³-hybridized carbons (Fsp3) is 0.192. The molecule has 4 aromatic rings. The molecule has 4 heterocycles. The fourth-order valence-electron chi connectivity index (χ4n) is 4.34. The summed E-state index contributed by atoms with van der Waals surface area (Å²) in [6.07, 6.45) is 7.68. The molecule has 0 unspecified atom stereocenters. The molecule has 0 radical (unpaired) electrons. The quantitative estimate of drug-likeness (QED) is 0.437. The van der Waals surface area contributed by atoms with Gasteiger partial charge in [-0.25, -0.2) is 0 Å². The number of anilines is 1. The van der Waals surface area contributed by atoms with E-state index in [0.717, 1.165) is 23.5 Å². The molecule has 3 aromatic heterocycles. The smallest absolute Gasteiger partial charge is 0.174 e. The van der Waals surface area contributed by atoms with Gasteiger partial charge in [0.2, 0.25) is 0 Å². The lowest BCUT2D eigenvalue weighted by Crippen LogP contribution is -2.30. The summed E-state index contributed by atoms with van der Waals surface area (Å²) in [4.78, 5) is 11.2. The van der Waals surface area contributed by atoms with Crippen LogP contribution in [-0.4, -0.2) is 19.6 Å². The Kier molecular flexibility index (Phi) is 5.45. The summed E-state index contributed by atoms with van der Waals surface area (Å²) in [7, 11) is 0. The molecule has 1 aliphatic rings. The molecular weight excluding hydrogens is 414 g/mol. The van der Waals surface area contributed by atoms with E-state index in [1.807, 2.05) is 30.6 Å². The Hall–Kier alpha value is -3.51. The summed E-state index contributed by atoms with van der Waals surface area (Å²) in [5.41, 5.74) is 6.91. The highest BCUT2D eigenvalue weighted by Crippen LogP contribution is 2.42. The van der Waals surface area contributed by atoms with Crippen LogP contribution < -0.4 is 10.2 Å². The van der Waals surface area contributed by atoms with Crippen LogP contribution in [0.25, 0.3) is 0 Å². The molecule has 1 saturated heterocycles. The van der Waals surface area contributed by atoms with Gasteiger partial charge in [0, 0.05) is 42.7 Å². The Bertz CT molecular complexity index is 1240. The van der Waals surface area contributed by atoms with Crippen LogP contribution in [0.5, 0.6) is 0 Å². The molecule has 0 aliphatic carbocycles. The van der Waals surface area contributed by atoms with Gasteiger partial charge in [0.15, 0.2) is 5.11 Å². The number of aromatic nitrogens is 3. The van der Waals surface area contributed by atoms with Crippen LogP contribution in [0.4, 0.5) is 5.69 Å². The minimum absolute atomic E-state index is 0.0359. The van der Waals surface area contributed by atoms with Gasteiger partial charge in [0.25, 0.3) is 0 Å². The lowest BCUT2D eigenvalue weighted by atomic mass is 10.00. The number of nitrogens with one attached hydrogen (secondary N) is 1. The molecule has 6 heteroatoms. The van der Waals surface area contributed by atoms with Crippen molar-refractivity contribution < 1.29 is 0 Å². The molecule has 160 valence electrons. The van der Waals surface area contributed by atoms with Gasteiger partial charge in [-0.05, 0) is 85.2 Å². The Morgan fingerprint density at radius 2 is 1.88 bits per heavy atom. The van der Waals surface area contributed by atoms with E-state index in [4.69, 9.17) is 12.2 Å². The molecule has 1 aliphatic heterocycles. The van der Waals surface area contributed by atoms with Crippen molar-refractivity contribution in [2.45, 2.75) is 32.5 Å². The molecule has 1 N–H and O–H groups in total. The zero-order valence-corrected chi connectivity index (χ0v) is 19.0. The van der Waals surface area contributed by atoms with Crippen LogP contribution in [0.1, 0.15) is 40.2 Å². The van der Waals surface area contributed by atoms with E-state index >= 15 is 0 Å². The van der Waals surface area contributed by atoms with Crippen molar-refractivity contribution in [3.05, 3.63) is 114 Å². The minimum atomic E-state index is -0.0622. The summed E-state index contributed by atoms with van der Waals surface area (Å²) in [6, 6.07) is 20.8. The van der Waals surface area contributed by atoms with Crippen molar-refractivity contribution in [2.75, 3.05) is 4.90 Å². The topological polar surface area (TPSA) is 46.0 Å². The molecule has 1 fully saturated rings. The second kappa shape index (κ2) is 8.55. The maximum absolute atomic E-state index is 5.87. The number of hydrogen-bond donors (Lipinski definition) is 1. The van der Waals surface area contributed by atoms with E-state index in [9.17, 15) is 0 Å². The molecule has 32 heavy (non-hydrogen) atoms. The van der Waals surface area contributed by atoms with E-state index < -0.39 is 0 Å². The molecule has 1 aromatic carbocycles. The zero-order valence-electron chi connectivity index (χ0n) is 18.1.